The first kappa shape index (κ1) is 36.1. The van der Waals surface area contributed by atoms with Gasteiger partial charge in [0.2, 0.25) is 0 Å². The fourth-order valence-corrected chi connectivity index (χ4v) is 3.92. The SMILES string of the molecule is CC(C)(C)[C]1[P][C](C(C)(C)C)[C]1C(C)(C)C.[C-]#[O+].[C-]#[O+].[C-]#[O+].[C-]#[O+].[W]. The molecule has 0 saturated carbocycles. The quantitative estimate of drug-likeness (QED) is 0.221. The summed E-state index contributed by atoms with van der Waals surface area (Å²) in [5.41, 5.74) is 4.21. The molecule has 0 aromatic heterocycles. The molecule has 4 radical (unpaired) electrons. The summed E-state index contributed by atoms with van der Waals surface area (Å²) in [5, 5.41) is 0. The number of rotatable bonds is 0. The Morgan fingerprint density at radius 3 is 0.840 bits per heavy atom. The van der Waals surface area contributed by atoms with Gasteiger partial charge in [-0.3, -0.25) is 0 Å². The van der Waals surface area contributed by atoms with Gasteiger partial charge in [-0.15, -0.1) is 0 Å². The standard InChI is InChI=1S/C15H27P.4CO.W/c1-13(2,3)10-11(14(4,5)6)16-12(10)15(7,8)9;4*1-2;/h1-9H3;;;;;. The first-order valence-electron chi connectivity index (χ1n) is 7.01. The molecular weight excluding hydrogens is 507 g/mol. The molecule has 0 atom stereocenters. The van der Waals surface area contributed by atoms with Gasteiger partial charge in [-0.05, 0) is 16.2 Å². The Hall–Kier alpha value is 0.0783. The molecule has 0 aliphatic carbocycles. The normalized spacial score (nSPS) is 14.6. The molecule has 1 aliphatic rings. The molecule has 25 heavy (non-hydrogen) atoms. The molecule has 1 aliphatic heterocycles. The van der Waals surface area contributed by atoms with Crippen LogP contribution in [0.25, 0.3) is 0 Å². The van der Waals surface area contributed by atoms with Crippen LogP contribution >= 0.6 is 8.58 Å². The second-order valence-electron chi connectivity index (χ2n) is 7.93. The third-order valence-corrected chi connectivity index (χ3v) is 5.10. The van der Waals surface area contributed by atoms with Crippen molar-refractivity contribution in [2.45, 2.75) is 62.3 Å². The molecule has 0 spiro atoms. The summed E-state index contributed by atoms with van der Waals surface area (Å²) in [7, 11) is 1.49. The van der Waals surface area contributed by atoms with Crippen LogP contribution in [-0.4, -0.2) is 0 Å². The summed E-state index contributed by atoms with van der Waals surface area (Å²) in [6.07, 6.45) is 0. The van der Waals surface area contributed by atoms with Crippen molar-refractivity contribution in [3.63, 3.8) is 0 Å². The molecule has 0 aromatic carbocycles. The van der Waals surface area contributed by atoms with E-state index in [9.17, 15) is 0 Å². The van der Waals surface area contributed by atoms with Gasteiger partial charge >= 0.3 is 45.2 Å². The number of hydrogen-bond acceptors (Lipinski definition) is 0. The second-order valence-corrected chi connectivity index (χ2v) is 9.05. The third kappa shape index (κ3) is 13.0. The van der Waals surface area contributed by atoms with E-state index in [1.165, 1.54) is 8.58 Å². The molecule has 138 valence electrons. The van der Waals surface area contributed by atoms with Crippen LogP contribution in [0.1, 0.15) is 62.3 Å². The molecule has 0 unspecified atom stereocenters. The Labute approximate surface area is 170 Å². The molecule has 0 aromatic rings. The minimum Gasteiger partial charge on any atom is 0 e. The summed E-state index contributed by atoms with van der Waals surface area (Å²) in [4.78, 5) is 0. The van der Waals surface area contributed by atoms with Gasteiger partial charge in [0, 0.05) is 38.3 Å². The van der Waals surface area contributed by atoms with Crippen LogP contribution in [0.5, 0.6) is 0 Å². The molecule has 1 heterocycles. The molecule has 0 amide bonds. The van der Waals surface area contributed by atoms with Gasteiger partial charge in [-0.25, -0.2) is 0 Å². The number of hydrogen-bond donors (Lipinski definition) is 0. The van der Waals surface area contributed by atoms with Crippen molar-refractivity contribution in [2.24, 2.45) is 16.2 Å². The first-order chi connectivity index (χ1) is 10.8. The van der Waals surface area contributed by atoms with E-state index in [1.807, 2.05) is 0 Å². The molecule has 1 saturated heterocycles. The predicted octanol–water partition coefficient (Wildman–Crippen LogP) is 5.57. The van der Waals surface area contributed by atoms with Crippen LogP contribution in [0.3, 0.4) is 0 Å². The molecule has 4 nitrogen and oxygen atoms in total. The van der Waals surface area contributed by atoms with Gasteiger partial charge in [0.05, 0.1) is 0 Å². The fraction of sp³-hybridized carbons (Fsp3) is 0.632. The van der Waals surface area contributed by atoms with E-state index in [0.717, 1.165) is 0 Å². The summed E-state index contributed by atoms with van der Waals surface area (Å²) < 4.78 is 30.0. The Bertz CT molecular complexity index is 362. The monoisotopic (exact) mass is 534 g/mol. The van der Waals surface area contributed by atoms with E-state index < -0.39 is 0 Å². The molecule has 1 rings (SSSR count). The van der Waals surface area contributed by atoms with Crippen molar-refractivity contribution < 1.29 is 39.7 Å². The Balaban J connectivity index is -0.000000130. The second kappa shape index (κ2) is 16.3. The maximum absolute atomic E-state index is 7.50. The molecule has 0 bridgehead atoms. The summed E-state index contributed by atoms with van der Waals surface area (Å²) >= 11 is 0. The van der Waals surface area contributed by atoms with Gasteiger partial charge < -0.3 is 0 Å². The van der Waals surface area contributed by atoms with Gasteiger partial charge in [-0.2, -0.15) is 0 Å². The smallest absolute Gasteiger partial charge is 0 e. The maximum atomic E-state index is 7.50. The zero-order valence-electron chi connectivity index (χ0n) is 16.5. The molecule has 1 fully saturated rings. The minimum atomic E-state index is 0. The van der Waals surface area contributed by atoms with Crippen molar-refractivity contribution >= 4 is 8.58 Å². The molecule has 6 heteroatoms. The first-order valence-corrected chi connectivity index (χ1v) is 7.91. The van der Waals surface area contributed by atoms with Crippen LogP contribution in [0, 0.1) is 60.1 Å². The van der Waals surface area contributed by atoms with Gasteiger partial charge in [0.1, 0.15) is 0 Å². The van der Waals surface area contributed by atoms with Crippen LogP contribution in [0.15, 0.2) is 0 Å². The average molecular weight is 534 g/mol. The Morgan fingerprint density at radius 2 is 0.720 bits per heavy atom. The predicted molar refractivity (Wildman–Crippen MR) is 90.7 cm³/mol. The van der Waals surface area contributed by atoms with Crippen LogP contribution < -0.4 is 0 Å². The van der Waals surface area contributed by atoms with Crippen molar-refractivity contribution in [3.8, 4) is 0 Å². The Kier molecular flexibility index (Phi) is 23.5. The van der Waals surface area contributed by atoms with Crippen molar-refractivity contribution in [2.75, 3.05) is 0 Å². The van der Waals surface area contributed by atoms with E-state index in [1.54, 1.807) is 17.2 Å². The van der Waals surface area contributed by atoms with E-state index in [0.29, 0.717) is 10.8 Å². The fourth-order valence-electron chi connectivity index (χ4n) is 2.08. The minimum absolute atomic E-state index is 0. The third-order valence-electron chi connectivity index (χ3n) is 2.87. The van der Waals surface area contributed by atoms with Crippen molar-refractivity contribution in [1.82, 2.24) is 0 Å². The topological polar surface area (TPSA) is 79.6 Å². The van der Waals surface area contributed by atoms with E-state index >= 15 is 0 Å². The van der Waals surface area contributed by atoms with Crippen LogP contribution in [-0.2, 0) is 39.7 Å². The Morgan fingerprint density at radius 1 is 0.520 bits per heavy atom. The summed E-state index contributed by atoms with van der Waals surface area (Å²) in [6, 6.07) is 0. The van der Waals surface area contributed by atoms with Gasteiger partial charge in [0.15, 0.2) is 0 Å². The summed E-state index contributed by atoms with van der Waals surface area (Å²) in [5.74, 6) is 1.63. The molecular formula is C19H27O4PW. The van der Waals surface area contributed by atoms with Gasteiger partial charge in [0.25, 0.3) is 0 Å². The summed E-state index contributed by atoms with van der Waals surface area (Å²) in [6.45, 7) is 39.0. The van der Waals surface area contributed by atoms with E-state index in [4.69, 9.17) is 18.6 Å². The van der Waals surface area contributed by atoms with Gasteiger partial charge in [-0.1, -0.05) is 70.9 Å². The zero-order valence-corrected chi connectivity index (χ0v) is 20.3. The van der Waals surface area contributed by atoms with E-state index in [-0.39, 0.29) is 26.5 Å². The maximum Gasteiger partial charge on any atom is 0 e. The van der Waals surface area contributed by atoms with Crippen LogP contribution in [0.2, 0.25) is 0 Å². The van der Waals surface area contributed by atoms with E-state index in [2.05, 4.69) is 88.9 Å². The molecule has 0 N–H and O–H groups in total. The van der Waals surface area contributed by atoms with Crippen molar-refractivity contribution in [1.29, 1.82) is 0 Å². The van der Waals surface area contributed by atoms with Crippen LogP contribution in [0.4, 0.5) is 0 Å². The van der Waals surface area contributed by atoms with Crippen molar-refractivity contribution in [3.05, 3.63) is 43.8 Å². The zero-order chi connectivity index (χ0) is 20.9. The largest absolute Gasteiger partial charge is 0 e. The average Bonchev–Trinajstić information content (AvgIpc) is 2.41.